The molecule has 1 N–H and O–H groups in total. The fraction of sp³-hybridized carbons (Fsp3) is 0.429. The predicted molar refractivity (Wildman–Crippen MR) is 111 cm³/mol. The second kappa shape index (κ2) is 10.4. The molecule has 9 heteroatoms. The zero-order valence-corrected chi connectivity index (χ0v) is 17.6. The van der Waals surface area contributed by atoms with Crippen LogP contribution in [0, 0.1) is 0 Å². The van der Waals surface area contributed by atoms with Gasteiger partial charge in [-0.2, -0.15) is 10.1 Å². The van der Waals surface area contributed by atoms with Gasteiger partial charge in [0.2, 0.25) is 5.75 Å². The summed E-state index contributed by atoms with van der Waals surface area (Å²) in [4.78, 5) is 20.9. The average Bonchev–Trinajstić information content (AvgIpc) is 3.21. The van der Waals surface area contributed by atoms with Crippen molar-refractivity contribution in [2.45, 2.75) is 33.6 Å². The minimum atomic E-state index is -0.190. The molecule has 2 heterocycles. The molecule has 1 amide bonds. The molecule has 0 bridgehead atoms. The minimum Gasteiger partial charge on any atom is -0.490 e. The van der Waals surface area contributed by atoms with Gasteiger partial charge in [-0.25, -0.2) is 9.50 Å². The average molecular weight is 413 g/mol. The number of carbonyl (C=O) groups is 1. The van der Waals surface area contributed by atoms with Gasteiger partial charge in [0.05, 0.1) is 19.8 Å². The number of fused-ring (bicyclic) bond motifs is 1. The summed E-state index contributed by atoms with van der Waals surface area (Å²) in [5, 5.41) is 7.03. The molecule has 0 saturated carbocycles. The fourth-order valence-corrected chi connectivity index (χ4v) is 3.00. The molecule has 0 unspecified atom stereocenters. The van der Waals surface area contributed by atoms with Gasteiger partial charge in [-0.1, -0.05) is 0 Å². The van der Waals surface area contributed by atoms with Gasteiger partial charge >= 0.3 is 0 Å². The van der Waals surface area contributed by atoms with E-state index >= 15 is 0 Å². The molecule has 3 aromatic rings. The third kappa shape index (κ3) is 5.16. The van der Waals surface area contributed by atoms with Crippen LogP contribution in [-0.2, 0) is 6.42 Å². The first-order chi connectivity index (χ1) is 14.7. The number of rotatable bonds is 11. The SMILES string of the molecule is CCOc1cc(C(=O)NCCCc2cnc3ncnn3c2)cc(OCC)c1OCC. The van der Waals surface area contributed by atoms with Gasteiger partial charge in [0.15, 0.2) is 11.5 Å². The van der Waals surface area contributed by atoms with Crippen LogP contribution in [0.4, 0.5) is 0 Å². The van der Waals surface area contributed by atoms with Crippen LogP contribution in [0.25, 0.3) is 5.78 Å². The topological polar surface area (TPSA) is 99.9 Å². The molecule has 9 nitrogen and oxygen atoms in total. The van der Waals surface area contributed by atoms with Crippen LogP contribution >= 0.6 is 0 Å². The molecule has 0 atom stereocenters. The lowest BCUT2D eigenvalue weighted by Gasteiger charge is -2.17. The van der Waals surface area contributed by atoms with Crippen molar-refractivity contribution in [1.82, 2.24) is 24.9 Å². The van der Waals surface area contributed by atoms with E-state index in [0.717, 1.165) is 18.4 Å². The van der Waals surface area contributed by atoms with Gasteiger partial charge in [0.1, 0.15) is 6.33 Å². The zero-order chi connectivity index (χ0) is 21.3. The highest BCUT2D eigenvalue weighted by molar-refractivity contribution is 5.95. The number of nitrogens with one attached hydrogen (secondary N) is 1. The highest BCUT2D eigenvalue weighted by atomic mass is 16.5. The fourth-order valence-electron chi connectivity index (χ4n) is 3.00. The van der Waals surface area contributed by atoms with Gasteiger partial charge in [-0.3, -0.25) is 4.79 Å². The Bertz CT molecular complexity index is 961. The van der Waals surface area contributed by atoms with Crippen LogP contribution in [-0.4, -0.2) is 51.9 Å². The molecule has 0 aliphatic heterocycles. The molecular formula is C21H27N5O4. The first kappa shape index (κ1) is 21.4. The Kier molecular flexibility index (Phi) is 7.42. The lowest BCUT2D eigenvalue weighted by Crippen LogP contribution is -2.25. The maximum atomic E-state index is 12.7. The van der Waals surface area contributed by atoms with Crippen LogP contribution in [0.15, 0.2) is 30.9 Å². The molecule has 0 spiro atoms. The quantitative estimate of drug-likeness (QED) is 0.482. The number of hydrogen-bond acceptors (Lipinski definition) is 7. The van der Waals surface area contributed by atoms with E-state index in [-0.39, 0.29) is 5.91 Å². The second-order valence-corrected chi connectivity index (χ2v) is 6.43. The molecule has 1 aromatic carbocycles. The van der Waals surface area contributed by atoms with Gasteiger partial charge in [0, 0.05) is 24.5 Å². The van der Waals surface area contributed by atoms with E-state index in [1.807, 2.05) is 27.0 Å². The summed E-state index contributed by atoms with van der Waals surface area (Å²) in [6.45, 7) is 7.57. The van der Waals surface area contributed by atoms with Crippen molar-refractivity contribution in [3.63, 3.8) is 0 Å². The molecule has 0 radical (unpaired) electrons. The van der Waals surface area contributed by atoms with Crippen molar-refractivity contribution in [1.29, 1.82) is 0 Å². The number of benzene rings is 1. The lowest BCUT2D eigenvalue weighted by atomic mass is 10.1. The molecule has 0 aliphatic rings. The highest BCUT2D eigenvalue weighted by Gasteiger charge is 2.18. The normalized spacial score (nSPS) is 10.8. The second-order valence-electron chi connectivity index (χ2n) is 6.43. The van der Waals surface area contributed by atoms with Crippen LogP contribution < -0.4 is 19.5 Å². The maximum absolute atomic E-state index is 12.7. The molecule has 0 aliphatic carbocycles. The summed E-state index contributed by atoms with van der Waals surface area (Å²) >= 11 is 0. The van der Waals surface area contributed by atoms with Crippen molar-refractivity contribution >= 4 is 11.7 Å². The smallest absolute Gasteiger partial charge is 0.252 e. The molecule has 30 heavy (non-hydrogen) atoms. The Labute approximate surface area is 175 Å². The monoisotopic (exact) mass is 413 g/mol. The highest BCUT2D eigenvalue weighted by Crippen LogP contribution is 2.39. The van der Waals surface area contributed by atoms with Gasteiger partial charge in [-0.15, -0.1) is 0 Å². The van der Waals surface area contributed by atoms with Crippen LogP contribution in [0.2, 0.25) is 0 Å². The Morgan fingerprint density at radius 3 is 2.40 bits per heavy atom. The summed E-state index contributed by atoms with van der Waals surface area (Å²) < 4.78 is 18.7. The number of aromatic nitrogens is 4. The number of ether oxygens (including phenoxy) is 3. The van der Waals surface area contributed by atoms with Crippen LogP contribution in [0.3, 0.4) is 0 Å². The predicted octanol–water partition coefficient (Wildman–Crippen LogP) is 2.68. The van der Waals surface area contributed by atoms with E-state index in [4.69, 9.17) is 14.2 Å². The van der Waals surface area contributed by atoms with E-state index < -0.39 is 0 Å². The molecule has 0 saturated heterocycles. The molecule has 2 aromatic heterocycles. The largest absolute Gasteiger partial charge is 0.490 e. The van der Waals surface area contributed by atoms with Crippen LogP contribution in [0.5, 0.6) is 17.2 Å². The van der Waals surface area contributed by atoms with E-state index in [1.165, 1.54) is 6.33 Å². The third-order valence-electron chi connectivity index (χ3n) is 4.29. The van der Waals surface area contributed by atoms with Crippen molar-refractivity contribution in [3.05, 3.63) is 42.0 Å². The summed E-state index contributed by atoms with van der Waals surface area (Å²) in [7, 11) is 0. The lowest BCUT2D eigenvalue weighted by molar-refractivity contribution is 0.0952. The number of aryl methyl sites for hydroxylation is 1. The standard InChI is InChI=1S/C21H27N5O4/c1-4-28-17-10-16(11-18(29-5-2)19(17)30-6-3)20(27)22-9-7-8-15-12-23-21-24-14-25-26(21)13-15/h10-14H,4-9H2,1-3H3,(H,22,27). The summed E-state index contributed by atoms with van der Waals surface area (Å²) in [6, 6.07) is 3.38. The van der Waals surface area contributed by atoms with Gasteiger partial charge < -0.3 is 19.5 Å². The number of carbonyl (C=O) groups excluding carboxylic acids is 1. The molecule has 160 valence electrons. The number of hydrogen-bond donors (Lipinski definition) is 1. The van der Waals surface area contributed by atoms with Gasteiger partial charge in [0.25, 0.3) is 11.7 Å². The summed E-state index contributed by atoms with van der Waals surface area (Å²) in [5.41, 5.74) is 1.50. The summed E-state index contributed by atoms with van der Waals surface area (Å²) in [6.07, 6.45) is 6.67. The first-order valence-electron chi connectivity index (χ1n) is 10.1. The Hall–Kier alpha value is -3.36. The van der Waals surface area contributed by atoms with E-state index in [1.54, 1.807) is 22.8 Å². The minimum absolute atomic E-state index is 0.190. The Morgan fingerprint density at radius 2 is 1.73 bits per heavy atom. The van der Waals surface area contributed by atoms with Crippen molar-refractivity contribution in [2.75, 3.05) is 26.4 Å². The van der Waals surface area contributed by atoms with E-state index in [9.17, 15) is 4.79 Å². The first-order valence-corrected chi connectivity index (χ1v) is 10.1. The number of amides is 1. The van der Waals surface area contributed by atoms with Crippen molar-refractivity contribution in [3.8, 4) is 17.2 Å². The van der Waals surface area contributed by atoms with Crippen molar-refractivity contribution in [2.24, 2.45) is 0 Å². The Balaban J connectivity index is 1.63. The van der Waals surface area contributed by atoms with Crippen LogP contribution in [0.1, 0.15) is 43.1 Å². The van der Waals surface area contributed by atoms with Gasteiger partial charge in [-0.05, 0) is 51.3 Å². The molecule has 0 fully saturated rings. The van der Waals surface area contributed by atoms with E-state index in [0.29, 0.717) is 55.0 Å². The number of nitrogens with zero attached hydrogens (tertiary/aromatic N) is 4. The zero-order valence-electron chi connectivity index (χ0n) is 17.6. The maximum Gasteiger partial charge on any atom is 0.252 e. The van der Waals surface area contributed by atoms with Crippen molar-refractivity contribution < 1.29 is 19.0 Å². The molecule has 3 rings (SSSR count). The summed E-state index contributed by atoms with van der Waals surface area (Å²) in [5.74, 6) is 1.90. The molecular weight excluding hydrogens is 386 g/mol. The Morgan fingerprint density at radius 1 is 1.03 bits per heavy atom. The third-order valence-corrected chi connectivity index (χ3v) is 4.29. The van der Waals surface area contributed by atoms with E-state index in [2.05, 4.69) is 20.4 Å².